The summed E-state index contributed by atoms with van der Waals surface area (Å²) >= 11 is 0. The van der Waals surface area contributed by atoms with Crippen LogP contribution in [0.25, 0.3) is 0 Å². The van der Waals surface area contributed by atoms with Crippen molar-refractivity contribution in [3.63, 3.8) is 0 Å². The lowest BCUT2D eigenvalue weighted by atomic mass is 9.75. The van der Waals surface area contributed by atoms with Gasteiger partial charge in [-0.25, -0.2) is 4.79 Å². The first-order chi connectivity index (χ1) is 9.72. The maximum Gasteiger partial charge on any atom is 0.410 e. The largest absolute Gasteiger partial charge is 0.444 e. The molecule has 1 N–H and O–H groups in total. The number of aliphatic hydroxyl groups is 1. The van der Waals surface area contributed by atoms with Crippen molar-refractivity contribution in [3.05, 3.63) is 0 Å². The molecule has 4 nitrogen and oxygen atoms in total. The van der Waals surface area contributed by atoms with Gasteiger partial charge in [0.25, 0.3) is 0 Å². The Morgan fingerprint density at radius 2 is 1.81 bits per heavy atom. The highest BCUT2D eigenvalue weighted by Crippen LogP contribution is 2.55. The summed E-state index contributed by atoms with van der Waals surface area (Å²) in [5.74, 6) is 0.493. The topological polar surface area (TPSA) is 49.8 Å². The number of hydrogen-bond donors (Lipinski definition) is 1. The summed E-state index contributed by atoms with van der Waals surface area (Å²) in [4.78, 5) is 13.8. The molecule has 0 bridgehead atoms. The minimum atomic E-state index is -0.462. The maximum atomic E-state index is 12.0. The predicted octanol–water partition coefficient (Wildman–Crippen LogP) is 3.33. The SMILES string of the molecule is CC(C)(C)OC(=O)N1CC2(CCC(O)(C3CCCC3)C2)C1. The second-order valence-corrected chi connectivity index (χ2v) is 8.60. The van der Waals surface area contributed by atoms with Gasteiger partial charge >= 0.3 is 6.09 Å². The average molecular weight is 295 g/mol. The highest BCUT2D eigenvalue weighted by atomic mass is 16.6. The van der Waals surface area contributed by atoms with Crippen LogP contribution in [0.1, 0.15) is 65.7 Å². The molecule has 0 aromatic rings. The molecule has 120 valence electrons. The molecular formula is C17H29NO3. The normalized spacial score (nSPS) is 32.5. The van der Waals surface area contributed by atoms with Gasteiger partial charge in [-0.15, -0.1) is 0 Å². The molecule has 3 fully saturated rings. The van der Waals surface area contributed by atoms with E-state index in [0.717, 1.165) is 32.4 Å². The zero-order chi connectivity index (χ0) is 15.3. The molecule has 4 heteroatoms. The Labute approximate surface area is 127 Å². The van der Waals surface area contributed by atoms with Crippen molar-refractivity contribution >= 4 is 6.09 Å². The van der Waals surface area contributed by atoms with Crippen molar-refractivity contribution in [2.45, 2.75) is 76.9 Å². The fourth-order valence-corrected chi connectivity index (χ4v) is 4.61. The Morgan fingerprint density at radius 1 is 1.19 bits per heavy atom. The summed E-state index contributed by atoms with van der Waals surface area (Å²) < 4.78 is 5.42. The fraction of sp³-hybridized carbons (Fsp3) is 0.941. The van der Waals surface area contributed by atoms with Crippen molar-refractivity contribution in [3.8, 4) is 0 Å². The summed E-state index contributed by atoms with van der Waals surface area (Å²) in [6.07, 6.45) is 7.55. The Bertz CT molecular complexity index is 416. The zero-order valence-corrected chi connectivity index (χ0v) is 13.7. The Hall–Kier alpha value is -0.770. The van der Waals surface area contributed by atoms with E-state index in [1.165, 1.54) is 25.7 Å². The molecule has 0 aromatic carbocycles. The molecule has 2 aliphatic carbocycles. The van der Waals surface area contributed by atoms with Crippen LogP contribution in [0.3, 0.4) is 0 Å². The highest BCUT2D eigenvalue weighted by molar-refractivity contribution is 5.69. The predicted molar refractivity (Wildman–Crippen MR) is 81.0 cm³/mol. The van der Waals surface area contributed by atoms with Gasteiger partial charge in [-0.2, -0.15) is 0 Å². The van der Waals surface area contributed by atoms with Crippen LogP contribution in [-0.2, 0) is 4.74 Å². The summed E-state index contributed by atoms with van der Waals surface area (Å²) in [6, 6.07) is 0. The molecule has 3 aliphatic rings. The average Bonchev–Trinajstić information content (AvgIpc) is 2.91. The number of rotatable bonds is 1. The lowest BCUT2D eigenvalue weighted by Crippen LogP contribution is -2.59. The van der Waals surface area contributed by atoms with Gasteiger partial charge in [-0.1, -0.05) is 12.8 Å². The third kappa shape index (κ3) is 2.92. The van der Waals surface area contributed by atoms with Crippen molar-refractivity contribution < 1.29 is 14.6 Å². The number of carbonyl (C=O) groups is 1. The van der Waals surface area contributed by atoms with Gasteiger partial charge in [0.15, 0.2) is 0 Å². The first-order valence-electron chi connectivity index (χ1n) is 8.42. The summed E-state index contributed by atoms with van der Waals surface area (Å²) in [7, 11) is 0. The van der Waals surface area contributed by atoms with Crippen LogP contribution in [0, 0.1) is 11.3 Å². The monoisotopic (exact) mass is 295 g/mol. The van der Waals surface area contributed by atoms with Gasteiger partial charge in [-0.05, 0) is 58.8 Å². The van der Waals surface area contributed by atoms with Crippen LogP contribution in [0.5, 0.6) is 0 Å². The lowest BCUT2D eigenvalue weighted by Gasteiger charge is -2.49. The molecule has 1 heterocycles. The van der Waals surface area contributed by atoms with E-state index < -0.39 is 11.2 Å². The Morgan fingerprint density at radius 3 is 2.38 bits per heavy atom. The first-order valence-corrected chi connectivity index (χ1v) is 8.42. The van der Waals surface area contributed by atoms with Crippen LogP contribution in [0.2, 0.25) is 0 Å². The molecule has 1 saturated heterocycles. The molecule has 1 spiro atoms. The standard InChI is InChI=1S/C17H29NO3/c1-15(2,3)21-14(19)18-11-16(12-18)8-9-17(20,10-16)13-6-4-5-7-13/h13,20H,4-12H2,1-3H3. The van der Waals surface area contributed by atoms with E-state index in [2.05, 4.69) is 0 Å². The third-order valence-electron chi connectivity index (χ3n) is 5.59. The number of likely N-dealkylation sites (tertiary alicyclic amines) is 1. The quantitative estimate of drug-likeness (QED) is 0.807. The fourth-order valence-electron chi connectivity index (χ4n) is 4.61. The van der Waals surface area contributed by atoms with Crippen molar-refractivity contribution in [1.82, 2.24) is 4.90 Å². The van der Waals surface area contributed by atoms with Gasteiger partial charge in [0.05, 0.1) is 5.60 Å². The van der Waals surface area contributed by atoms with Crippen LogP contribution >= 0.6 is 0 Å². The van der Waals surface area contributed by atoms with Gasteiger partial charge < -0.3 is 14.7 Å². The van der Waals surface area contributed by atoms with Crippen molar-refractivity contribution in [2.75, 3.05) is 13.1 Å². The van der Waals surface area contributed by atoms with E-state index in [1.54, 1.807) is 4.90 Å². The van der Waals surface area contributed by atoms with Crippen LogP contribution in [0.15, 0.2) is 0 Å². The van der Waals surface area contributed by atoms with Crippen molar-refractivity contribution in [2.24, 2.45) is 11.3 Å². The van der Waals surface area contributed by atoms with Gasteiger partial charge in [-0.3, -0.25) is 0 Å². The van der Waals surface area contributed by atoms with Gasteiger partial charge in [0.1, 0.15) is 5.60 Å². The minimum Gasteiger partial charge on any atom is -0.444 e. The van der Waals surface area contributed by atoms with Gasteiger partial charge in [0, 0.05) is 18.5 Å². The van der Waals surface area contributed by atoms with E-state index in [-0.39, 0.29) is 11.5 Å². The highest BCUT2D eigenvalue weighted by Gasteiger charge is 2.57. The molecule has 1 aliphatic heterocycles. The summed E-state index contributed by atoms with van der Waals surface area (Å²) in [5.41, 5.74) is -0.731. The van der Waals surface area contributed by atoms with Crippen molar-refractivity contribution in [1.29, 1.82) is 0 Å². The van der Waals surface area contributed by atoms with E-state index >= 15 is 0 Å². The second kappa shape index (κ2) is 4.87. The molecule has 3 rings (SSSR count). The Balaban J connectivity index is 1.55. The van der Waals surface area contributed by atoms with E-state index in [0.29, 0.717) is 5.92 Å². The second-order valence-electron chi connectivity index (χ2n) is 8.60. The van der Waals surface area contributed by atoms with Gasteiger partial charge in [0.2, 0.25) is 0 Å². The molecule has 1 unspecified atom stereocenters. The first kappa shape index (κ1) is 15.1. The number of hydrogen-bond acceptors (Lipinski definition) is 3. The lowest BCUT2D eigenvalue weighted by molar-refractivity contribution is -0.0611. The molecular weight excluding hydrogens is 266 g/mol. The number of nitrogens with zero attached hydrogens (tertiary/aromatic N) is 1. The third-order valence-corrected chi connectivity index (χ3v) is 5.59. The van der Waals surface area contributed by atoms with Crippen LogP contribution in [0.4, 0.5) is 4.79 Å². The molecule has 21 heavy (non-hydrogen) atoms. The van der Waals surface area contributed by atoms with Crippen LogP contribution in [-0.4, -0.2) is 40.4 Å². The van der Waals surface area contributed by atoms with E-state index in [9.17, 15) is 9.90 Å². The summed E-state index contributed by atoms with van der Waals surface area (Å²) in [5, 5.41) is 11.0. The molecule has 1 atom stereocenters. The minimum absolute atomic E-state index is 0.161. The number of amides is 1. The molecule has 0 radical (unpaired) electrons. The molecule has 2 saturated carbocycles. The Kier molecular flexibility index (Phi) is 3.51. The summed E-state index contributed by atoms with van der Waals surface area (Å²) in [6.45, 7) is 7.21. The smallest absolute Gasteiger partial charge is 0.410 e. The zero-order valence-electron chi connectivity index (χ0n) is 13.7. The molecule has 0 aromatic heterocycles. The maximum absolute atomic E-state index is 12.0. The number of carbonyl (C=O) groups excluding carboxylic acids is 1. The van der Waals surface area contributed by atoms with E-state index in [4.69, 9.17) is 4.74 Å². The van der Waals surface area contributed by atoms with E-state index in [1.807, 2.05) is 20.8 Å². The number of ether oxygens (including phenoxy) is 1. The molecule has 1 amide bonds. The van der Waals surface area contributed by atoms with Crippen LogP contribution < -0.4 is 0 Å².